The van der Waals surface area contributed by atoms with Gasteiger partial charge in [0.1, 0.15) is 17.0 Å². The van der Waals surface area contributed by atoms with Crippen LogP contribution < -0.4 is 5.32 Å². The average Bonchev–Trinajstić information content (AvgIpc) is 2.55. The van der Waals surface area contributed by atoms with E-state index in [2.05, 4.69) is 5.32 Å². The first-order valence-corrected chi connectivity index (χ1v) is 8.95. The lowest BCUT2D eigenvalue weighted by atomic mass is 9.84. The largest absolute Gasteiger partial charge is 0.444 e. The molecule has 0 radical (unpaired) electrons. The van der Waals surface area contributed by atoms with Crippen LogP contribution in [0.5, 0.6) is 0 Å². The number of rotatable bonds is 4. The molecule has 7 heteroatoms. The molecule has 0 aliphatic heterocycles. The maximum Gasteiger partial charge on any atom is 0.408 e. The zero-order chi connectivity index (χ0) is 20.4. The molecular weight excluding hydrogens is 392 g/mol. The number of carbonyl (C=O) groups is 2. The number of carbonyl (C=O) groups excluding carboxylic acids is 2. The molecule has 27 heavy (non-hydrogen) atoms. The first-order valence-electron chi connectivity index (χ1n) is 8.19. The summed E-state index contributed by atoms with van der Waals surface area (Å²) in [7, 11) is 0. The number of ether oxygens (including phenoxy) is 1. The number of Topliss-reactive ketones (excluding diaryl/α,β-unsaturated/α-hetero) is 1. The summed E-state index contributed by atoms with van der Waals surface area (Å²) in [6.07, 6.45) is -0.775. The molecule has 0 saturated heterocycles. The highest BCUT2D eigenvalue weighted by Gasteiger charge is 2.39. The van der Waals surface area contributed by atoms with Gasteiger partial charge in [-0.15, -0.1) is 0 Å². The SMILES string of the molecule is CC(C)(C)OC(=O)NC(C)(C(=O)c1ccc(Cl)c(F)c1)c1ccc(Cl)cc1. The van der Waals surface area contributed by atoms with Gasteiger partial charge in [-0.2, -0.15) is 0 Å². The van der Waals surface area contributed by atoms with Crippen LogP contribution in [0.4, 0.5) is 9.18 Å². The van der Waals surface area contributed by atoms with E-state index in [4.69, 9.17) is 27.9 Å². The van der Waals surface area contributed by atoms with Crippen LogP contribution in [0.3, 0.4) is 0 Å². The number of hydrogen-bond acceptors (Lipinski definition) is 3. The minimum Gasteiger partial charge on any atom is -0.444 e. The van der Waals surface area contributed by atoms with E-state index in [9.17, 15) is 14.0 Å². The van der Waals surface area contributed by atoms with E-state index in [-0.39, 0.29) is 10.6 Å². The van der Waals surface area contributed by atoms with Crippen LogP contribution in [-0.2, 0) is 10.3 Å². The number of nitrogens with one attached hydrogen (secondary N) is 1. The summed E-state index contributed by atoms with van der Waals surface area (Å²) < 4.78 is 19.1. The van der Waals surface area contributed by atoms with Crippen molar-refractivity contribution in [2.24, 2.45) is 0 Å². The van der Waals surface area contributed by atoms with Crippen molar-refractivity contribution in [2.75, 3.05) is 0 Å². The number of alkyl carbamates (subject to hydrolysis) is 1. The molecule has 0 saturated carbocycles. The summed E-state index contributed by atoms with van der Waals surface area (Å²) in [5.74, 6) is -1.25. The van der Waals surface area contributed by atoms with Crippen molar-refractivity contribution in [3.63, 3.8) is 0 Å². The minimum atomic E-state index is -1.51. The van der Waals surface area contributed by atoms with Crippen LogP contribution in [0, 0.1) is 5.82 Å². The topological polar surface area (TPSA) is 55.4 Å². The number of amides is 1. The highest BCUT2D eigenvalue weighted by molar-refractivity contribution is 6.31. The molecule has 0 aromatic heterocycles. The van der Waals surface area contributed by atoms with Crippen LogP contribution in [0.1, 0.15) is 43.6 Å². The van der Waals surface area contributed by atoms with E-state index in [0.29, 0.717) is 10.6 Å². The van der Waals surface area contributed by atoms with Gasteiger partial charge in [0, 0.05) is 10.6 Å². The Morgan fingerprint density at radius 2 is 1.59 bits per heavy atom. The van der Waals surface area contributed by atoms with Crippen molar-refractivity contribution < 1.29 is 18.7 Å². The number of ketones is 1. The molecule has 2 aromatic carbocycles. The fourth-order valence-corrected chi connectivity index (χ4v) is 2.72. The molecule has 0 aliphatic carbocycles. The molecule has 144 valence electrons. The lowest BCUT2D eigenvalue weighted by Gasteiger charge is -2.31. The van der Waals surface area contributed by atoms with Gasteiger partial charge >= 0.3 is 6.09 Å². The van der Waals surface area contributed by atoms with Gasteiger partial charge in [-0.25, -0.2) is 9.18 Å². The van der Waals surface area contributed by atoms with Gasteiger partial charge in [0.25, 0.3) is 0 Å². The molecule has 1 amide bonds. The Balaban J connectivity index is 2.48. The van der Waals surface area contributed by atoms with Gasteiger partial charge in [-0.3, -0.25) is 4.79 Å². The van der Waals surface area contributed by atoms with E-state index < -0.39 is 28.8 Å². The third kappa shape index (κ3) is 5.21. The fourth-order valence-electron chi connectivity index (χ4n) is 2.48. The first-order chi connectivity index (χ1) is 12.4. The second-order valence-corrected chi connectivity index (χ2v) is 8.06. The molecule has 1 N–H and O–H groups in total. The lowest BCUT2D eigenvalue weighted by molar-refractivity contribution is 0.0441. The molecule has 0 fully saturated rings. The van der Waals surface area contributed by atoms with E-state index in [1.165, 1.54) is 19.1 Å². The third-order valence-corrected chi connectivity index (χ3v) is 4.37. The molecule has 1 unspecified atom stereocenters. The number of hydrogen-bond donors (Lipinski definition) is 1. The monoisotopic (exact) mass is 411 g/mol. The predicted octanol–water partition coefficient (Wildman–Crippen LogP) is 5.76. The van der Waals surface area contributed by atoms with Crippen LogP contribution in [0.25, 0.3) is 0 Å². The van der Waals surface area contributed by atoms with Crippen molar-refractivity contribution in [3.8, 4) is 0 Å². The molecule has 0 aliphatic rings. The van der Waals surface area contributed by atoms with Gasteiger partial charge in [-0.1, -0.05) is 35.3 Å². The summed E-state index contributed by atoms with van der Waals surface area (Å²) in [6.45, 7) is 6.66. The summed E-state index contributed by atoms with van der Waals surface area (Å²) in [5.41, 5.74) is -1.73. The Morgan fingerprint density at radius 1 is 1.00 bits per heavy atom. The minimum absolute atomic E-state index is 0.0606. The average molecular weight is 412 g/mol. The van der Waals surface area contributed by atoms with Gasteiger partial charge in [0.15, 0.2) is 5.78 Å². The maximum atomic E-state index is 13.9. The first kappa shape index (κ1) is 21.2. The normalized spacial score (nSPS) is 13.6. The molecule has 4 nitrogen and oxygen atoms in total. The molecular formula is C20H20Cl2FNO3. The standard InChI is InChI=1S/C20H20Cl2FNO3/c1-19(2,3)27-18(26)24-20(4,13-6-8-14(21)9-7-13)17(25)12-5-10-15(22)16(23)11-12/h5-11H,1-4H3,(H,24,26). The van der Waals surface area contributed by atoms with E-state index >= 15 is 0 Å². The van der Waals surface area contributed by atoms with Crippen molar-refractivity contribution in [3.05, 3.63) is 69.5 Å². The van der Waals surface area contributed by atoms with E-state index in [1.807, 2.05) is 0 Å². The zero-order valence-electron chi connectivity index (χ0n) is 15.4. The highest BCUT2D eigenvalue weighted by atomic mass is 35.5. The second-order valence-electron chi connectivity index (χ2n) is 7.22. The predicted molar refractivity (Wildman–Crippen MR) is 104 cm³/mol. The Labute approximate surface area is 167 Å². The van der Waals surface area contributed by atoms with Crippen LogP contribution in [0.15, 0.2) is 42.5 Å². The van der Waals surface area contributed by atoms with Crippen LogP contribution >= 0.6 is 23.2 Å². The molecule has 0 heterocycles. The second kappa shape index (κ2) is 7.87. The van der Waals surface area contributed by atoms with Crippen LogP contribution in [-0.4, -0.2) is 17.5 Å². The zero-order valence-corrected chi connectivity index (χ0v) is 16.9. The molecule has 2 rings (SSSR count). The van der Waals surface area contributed by atoms with Crippen molar-refractivity contribution >= 4 is 35.1 Å². The lowest BCUT2D eigenvalue weighted by Crippen LogP contribution is -2.51. The van der Waals surface area contributed by atoms with Crippen molar-refractivity contribution in [2.45, 2.75) is 38.8 Å². The van der Waals surface area contributed by atoms with Gasteiger partial charge in [0.2, 0.25) is 0 Å². The quantitative estimate of drug-likeness (QED) is 0.650. The molecule has 2 aromatic rings. The van der Waals surface area contributed by atoms with Crippen molar-refractivity contribution in [1.82, 2.24) is 5.32 Å². The smallest absolute Gasteiger partial charge is 0.408 e. The Kier molecular flexibility index (Phi) is 6.17. The highest BCUT2D eigenvalue weighted by Crippen LogP contribution is 2.29. The summed E-state index contributed by atoms with van der Waals surface area (Å²) >= 11 is 11.6. The Bertz CT molecular complexity index is 863. The summed E-state index contributed by atoms with van der Waals surface area (Å²) in [4.78, 5) is 25.6. The van der Waals surface area contributed by atoms with Crippen molar-refractivity contribution in [1.29, 1.82) is 0 Å². The van der Waals surface area contributed by atoms with Crippen LogP contribution in [0.2, 0.25) is 10.0 Å². The van der Waals surface area contributed by atoms with Gasteiger partial charge in [0.05, 0.1) is 5.02 Å². The molecule has 0 spiro atoms. The van der Waals surface area contributed by atoms with Gasteiger partial charge < -0.3 is 10.1 Å². The van der Waals surface area contributed by atoms with E-state index in [0.717, 1.165) is 6.07 Å². The molecule has 1 atom stereocenters. The Morgan fingerprint density at radius 3 is 2.11 bits per heavy atom. The third-order valence-electron chi connectivity index (χ3n) is 3.81. The number of halogens is 3. The Hall–Kier alpha value is -2.11. The maximum absolute atomic E-state index is 13.9. The summed E-state index contributed by atoms with van der Waals surface area (Å²) in [5, 5.41) is 2.99. The fraction of sp³-hybridized carbons (Fsp3) is 0.300. The van der Waals surface area contributed by atoms with E-state index in [1.54, 1.807) is 45.0 Å². The molecule has 0 bridgehead atoms. The van der Waals surface area contributed by atoms with Gasteiger partial charge in [-0.05, 0) is 63.6 Å². The number of benzene rings is 2. The summed E-state index contributed by atoms with van der Waals surface area (Å²) in [6, 6.07) is 10.2.